The van der Waals surface area contributed by atoms with Gasteiger partial charge in [0.05, 0.1) is 25.7 Å². The van der Waals surface area contributed by atoms with Gasteiger partial charge in [0, 0.05) is 45.5 Å². The van der Waals surface area contributed by atoms with Crippen molar-refractivity contribution in [3.8, 4) is 5.88 Å². The lowest BCUT2D eigenvalue weighted by molar-refractivity contribution is -0.134. The lowest BCUT2D eigenvalue weighted by atomic mass is 10.1. The number of pyridine rings is 1. The molecule has 0 spiro atoms. The van der Waals surface area contributed by atoms with E-state index in [1.165, 1.54) is 0 Å². The van der Waals surface area contributed by atoms with Crippen LogP contribution in [0.25, 0.3) is 0 Å². The largest absolute Gasteiger partial charge is 0.477 e. The maximum Gasteiger partial charge on any atom is 0.257 e. The van der Waals surface area contributed by atoms with Gasteiger partial charge in [-0.15, -0.1) is 0 Å². The van der Waals surface area contributed by atoms with Gasteiger partial charge >= 0.3 is 0 Å². The zero-order valence-electron chi connectivity index (χ0n) is 16.2. The zero-order chi connectivity index (χ0) is 19.4. The van der Waals surface area contributed by atoms with Crippen LogP contribution in [0.4, 0.5) is 0 Å². The van der Waals surface area contributed by atoms with E-state index in [9.17, 15) is 9.59 Å². The highest BCUT2D eigenvalue weighted by atomic mass is 16.5. The minimum absolute atomic E-state index is 0.0454. The number of carbonyl (C=O) groups excluding carboxylic acids is 2. The predicted octanol–water partition coefficient (Wildman–Crippen LogP) is 0.530. The van der Waals surface area contributed by atoms with Crippen LogP contribution in [-0.2, 0) is 9.53 Å². The van der Waals surface area contributed by atoms with E-state index in [1.807, 2.05) is 6.92 Å². The third-order valence-corrected chi connectivity index (χ3v) is 5.02. The van der Waals surface area contributed by atoms with E-state index in [0.29, 0.717) is 37.6 Å². The monoisotopic (exact) mass is 376 g/mol. The lowest BCUT2D eigenvalue weighted by Gasteiger charge is -2.35. The van der Waals surface area contributed by atoms with E-state index in [-0.39, 0.29) is 30.0 Å². The molecule has 148 valence electrons. The van der Waals surface area contributed by atoms with Gasteiger partial charge in [0.1, 0.15) is 5.56 Å². The summed E-state index contributed by atoms with van der Waals surface area (Å²) >= 11 is 0. The number of aromatic nitrogens is 1. The fourth-order valence-corrected chi connectivity index (χ4v) is 3.63. The normalized spacial score (nSPS) is 24.9. The second kappa shape index (κ2) is 8.67. The molecule has 0 saturated carbocycles. The Morgan fingerprint density at radius 3 is 2.96 bits per heavy atom. The molecule has 2 amide bonds. The van der Waals surface area contributed by atoms with Crippen molar-refractivity contribution >= 4 is 11.8 Å². The SMILES string of the molecule is CCOc1ncccc1C(=O)N[C@H]1C[C@H]2CO[C@@H](CC(=O)N(C)C)CN2C1. The van der Waals surface area contributed by atoms with E-state index in [1.54, 1.807) is 37.3 Å². The van der Waals surface area contributed by atoms with Crippen molar-refractivity contribution in [3.63, 3.8) is 0 Å². The van der Waals surface area contributed by atoms with Crippen LogP contribution >= 0.6 is 0 Å². The second-order valence-corrected chi connectivity index (χ2v) is 7.25. The Morgan fingerprint density at radius 1 is 1.41 bits per heavy atom. The van der Waals surface area contributed by atoms with E-state index < -0.39 is 0 Å². The summed E-state index contributed by atoms with van der Waals surface area (Å²) in [6, 6.07) is 3.78. The fraction of sp³-hybridized carbons (Fsp3) is 0.632. The molecule has 0 aromatic carbocycles. The second-order valence-electron chi connectivity index (χ2n) is 7.25. The third-order valence-electron chi connectivity index (χ3n) is 5.02. The number of nitrogens with zero attached hydrogens (tertiary/aromatic N) is 3. The molecule has 2 saturated heterocycles. The topological polar surface area (TPSA) is 84.0 Å². The molecule has 2 aliphatic rings. The summed E-state index contributed by atoms with van der Waals surface area (Å²) in [5.74, 6) is 0.262. The molecule has 0 unspecified atom stereocenters. The number of ether oxygens (including phenoxy) is 2. The van der Waals surface area contributed by atoms with Crippen molar-refractivity contribution in [3.05, 3.63) is 23.9 Å². The summed E-state index contributed by atoms with van der Waals surface area (Å²) in [5, 5.41) is 3.09. The lowest BCUT2D eigenvalue weighted by Crippen LogP contribution is -2.47. The number of nitrogens with one attached hydrogen (secondary N) is 1. The van der Waals surface area contributed by atoms with E-state index in [2.05, 4.69) is 15.2 Å². The van der Waals surface area contributed by atoms with Crippen LogP contribution in [0.15, 0.2) is 18.3 Å². The molecule has 8 heteroatoms. The zero-order valence-corrected chi connectivity index (χ0v) is 16.2. The molecule has 3 rings (SSSR count). The summed E-state index contributed by atoms with van der Waals surface area (Å²) in [6.45, 7) is 4.39. The first-order valence-electron chi connectivity index (χ1n) is 9.42. The molecule has 0 radical (unpaired) electrons. The number of carbonyl (C=O) groups is 2. The van der Waals surface area contributed by atoms with Gasteiger partial charge in [0.15, 0.2) is 0 Å². The molecule has 1 N–H and O–H groups in total. The number of morpholine rings is 1. The standard InChI is InChI=1S/C19H28N4O4/c1-4-26-19-16(6-5-7-20-19)18(25)21-13-8-14-12-27-15(11-23(14)10-13)9-17(24)22(2)3/h5-7,13-15H,4,8-12H2,1-3H3,(H,21,25)/t13-,14-,15-/m0/s1. The number of hydrogen-bond donors (Lipinski definition) is 1. The summed E-state index contributed by atoms with van der Waals surface area (Å²) < 4.78 is 11.3. The van der Waals surface area contributed by atoms with Crippen LogP contribution in [0.5, 0.6) is 5.88 Å². The van der Waals surface area contributed by atoms with Gasteiger partial charge in [-0.1, -0.05) is 0 Å². The smallest absolute Gasteiger partial charge is 0.257 e. The minimum Gasteiger partial charge on any atom is -0.477 e. The maximum atomic E-state index is 12.7. The number of rotatable bonds is 6. The van der Waals surface area contributed by atoms with Gasteiger partial charge in [-0.05, 0) is 25.5 Å². The quantitative estimate of drug-likeness (QED) is 0.780. The first-order chi connectivity index (χ1) is 13.0. The third kappa shape index (κ3) is 4.75. The number of amides is 2. The average Bonchev–Trinajstić information content (AvgIpc) is 3.03. The Bertz CT molecular complexity index is 681. The molecular weight excluding hydrogens is 348 g/mol. The Labute approximate surface area is 159 Å². The van der Waals surface area contributed by atoms with Crippen LogP contribution in [0.1, 0.15) is 30.1 Å². The first-order valence-corrected chi connectivity index (χ1v) is 9.42. The molecule has 1 aromatic heterocycles. The van der Waals surface area contributed by atoms with Gasteiger partial charge in [0.25, 0.3) is 5.91 Å². The molecule has 1 aromatic rings. The Balaban J connectivity index is 1.56. The van der Waals surface area contributed by atoms with Crippen molar-refractivity contribution in [2.24, 2.45) is 0 Å². The highest BCUT2D eigenvalue weighted by Gasteiger charge is 2.38. The fourth-order valence-electron chi connectivity index (χ4n) is 3.63. The maximum absolute atomic E-state index is 12.7. The van der Waals surface area contributed by atoms with Crippen molar-refractivity contribution in [2.45, 2.75) is 38.0 Å². The Morgan fingerprint density at radius 2 is 2.22 bits per heavy atom. The van der Waals surface area contributed by atoms with Crippen LogP contribution in [-0.4, -0.2) is 85.2 Å². The Hall–Kier alpha value is -2.19. The van der Waals surface area contributed by atoms with Gasteiger partial charge in [0.2, 0.25) is 11.8 Å². The molecule has 27 heavy (non-hydrogen) atoms. The summed E-state index contributed by atoms with van der Waals surface area (Å²) in [4.78, 5) is 32.6. The molecule has 0 bridgehead atoms. The van der Waals surface area contributed by atoms with Gasteiger partial charge in [-0.3, -0.25) is 14.5 Å². The van der Waals surface area contributed by atoms with Crippen LogP contribution in [0, 0.1) is 0 Å². The highest BCUT2D eigenvalue weighted by Crippen LogP contribution is 2.25. The summed E-state index contributed by atoms with van der Waals surface area (Å²) in [7, 11) is 3.51. The van der Waals surface area contributed by atoms with Gasteiger partial charge in [-0.2, -0.15) is 0 Å². The van der Waals surface area contributed by atoms with Crippen molar-refractivity contribution in [1.29, 1.82) is 0 Å². The minimum atomic E-state index is -0.170. The summed E-state index contributed by atoms with van der Waals surface area (Å²) in [5.41, 5.74) is 0.454. The summed E-state index contributed by atoms with van der Waals surface area (Å²) in [6.07, 6.45) is 2.75. The molecule has 3 atom stereocenters. The first kappa shape index (κ1) is 19.6. The van der Waals surface area contributed by atoms with Crippen LogP contribution < -0.4 is 10.1 Å². The Kier molecular flexibility index (Phi) is 6.28. The highest BCUT2D eigenvalue weighted by molar-refractivity contribution is 5.96. The molecule has 2 aliphatic heterocycles. The molecule has 2 fully saturated rings. The predicted molar refractivity (Wildman–Crippen MR) is 99.7 cm³/mol. The van der Waals surface area contributed by atoms with E-state index in [0.717, 1.165) is 13.0 Å². The van der Waals surface area contributed by atoms with Crippen molar-refractivity contribution in [1.82, 2.24) is 20.1 Å². The van der Waals surface area contributed by atoms with Crippen molar-refractivity contribution in [2.75, 3.05) is 40.4 Å². The number of hydrogen-bond acceptors (Lipinski definition) is 6. The molecule has 8 nitrogen and oxygen atoms in total. The van der Waals surface area contributed by atoms with Gasteiger partial charge < -0.3 is 19.7 Å². The molecule has 0 aliphatic carbocycles. The molecular formula is C19H28N4O4. The van der Waals surface area contributed by atoms with Crippen LogP contribution in [0.2, 0.25) is 0 Å². The number of fused-ring (bicyclic) bond motifs is 1. The van der Waals surface area contributed by atoms with Crippen LogP contribution in [0.3, 0.4) is 0 Å². The van der Waals surface area contributed by atoms with Gasteiger partial charge in [-0.25, -0.2) is 4.98 Å². The van der Waals surface area contributed by atoms with E-state index >= 15 is 0 Å². The van der Waals surface area contributed by atoms with E-state index in [4.69, 9.17) is 9.47 Å². The van der Waals surface area contributed by atoms with Crippen molar-refractivity contribution < 1.29 is 19.1 Å². The molecule has 3 heterocycles. The average molecular weight is 376 g/mol.